The molecule has 2 heterocycles. The van der Waals surface area contributed by atoms with Crippen LogP contribution in [0.1, 0.15) is 36.7 Å². The standard InChI is InChI=1S/C12H16N4O/c1-4-10(13)12-15-11(16-17-12)9-5-7(2)14-8(3)6-9/h5-6,10H,4,13H2,1-3H3/t10-/m1/s1. The van der Waals surface area contributed by atoms with Crippen LogP contribution in [0.15, 0.2) is 16.7 Å². The zero-order valence-corrected chi connectivity index (χ0v) is 10.3. The van der Waals surface area contributed by atoms with Crippen molar-refractivity contribution in [1.29, 1.82) is 0 Å². The second-order valence-electron chi connectivity index (χ2n) is 4.11. The number of aryl methyl sites for hydroxylation is 2. The van der Waals surface area contributed by atoms with E-state index in [-0.39, 0.29) is 6.04 Å². The predicted molar refractivity (Wildman–Crippen MR) is 64.2 cm³/mol. The predicted octanol–water partition coefficient (Wildman–Crippen LogP) is 2.16. The van der Waals surface area contributed by atoms with E-state index >= 15 is 0 Å². The Bertz CT molecular complexity index is 501. The van der Waals surface area contributed by atoms with Gasteiger partial charge in [-0.05, 0) is 32.4 Å². The summed E-state index contributed by atoms with van der Waals surface area (Å²) in [5, 5.41) is 3.94. The van der Waals surface area contributed by atoms with E-state index in [1.54, 1.807) is 0 Å². The van der Waals surface area contributed by atoms with Gasteiger partial charge in [0.15, 0.2) is 0 Å². The number of nitrogens with two attached hydrogens (primary N) is 1. The molecule has 0 aromatic carbocycles. The van der Waals surface area contributed by atoms with Crippen molar-refractivity contribution in [2.24, 2.45) is 5.73 Å². The number of hydrogen-bond donors (Lipinski definition) is 1. The van der Waals surface area contributed by atoms with Gasteiger partial charge in [0, 0.05) is 17.0 Å². The van der Waals surface area contributed by atoms with Gasteiger partial charge >= 0.3 is 0 Å². The van der Waals surface area contributed by atoms with E-state index in [0.29, 0.717) is 11.7 Å². The van der Waals surface area contributed by atoms with E-state index in [1.807, 2.05) is 32.9 Å². The van der Waals surface area contributed by atoms with Crippen LogP contribution in [0.5, 0.6) is 0 Å². The van der Waals surface area contributed by atoms with Crippen LogP contribution in [0.3, 0.4) is 0 Å². The first-order valence-corrected chi connectivity index (χ1v) is 5.65. The summed E-state index contributed by atoms with van der Waals surface area (Å²) in [5.74, 6) is 1.05. The topological polar surface area (TPSA) is 77.8 Å². The lowest BCUT2D eigenvalue weighted by atomic mass is 10.2. The van der Waals surface area contributed by atoms with Gasteiger partial charge in [-0.15, -0.1) is 0 Å². The first-order chi connectivity index (χ1) is 8.10. The number of hydrogen-bond acceptors (Lipinski definition) is 5. The molecule has 0 saturated heterocycles. The number of pyridine rings is 1. The molecule has 5 heteroatoms. The van der Waals surface area contributed by atoms with Gasteiger partial charge in [0.25, 0.3) is 0 Å². The van der Waals surface area contributed by atoms with E-state index in [0.717, 1.165) is 23.4 Å². The lowest BCUT2D eigenvalue weighted by molar-refractivity contribution is 0.352. The van der Waals surface area contributed by atoms with Gasteiger partial charge < -0.3 is 10.3 Å². The molecule has 0 fully saturated rings. The van der Waals surface area contributed by atoms with Gasteiger partial charge in [0.2, 0.25) is 11.7 Å². The van der Waals surface area contributed by atoms with Crippen LogP contribution in [0, 0.1) is 13.8 Å². The molecule has 2 aromatic heterocycles. The average molecular weight is 232 g/mol. The van der Waals surface area contributed by atoms with E-state index in [9.17, 15) is 0 Å². The second kappa shape index (κ2) is 4.63. The first kappa shape index (κ1) is 11.7. The van der Waals surface area contributed by atoms with Crippen LogP contribution in [0.4, 0.5) is 0 Å². The highest BCUT2D eigenvalue weighted by molar-refractivity contribution is 5.55. The normalized spacial score (nSPS) is 12.7. The molecule has 0 amide bonds. The lowest BCUT2D eigenvalue weighted by Crippen LogP contribution is -2.08. The monoisotopic (exact) mass is 232 g/mol. The Kier molecular flexibility index (Phi) is 3.19. The maximum atomic E-state index is 5.84. The SMILES string of the molecule is CC[C@@H](N)c1nc(-c2cc(C)nc(C)c2)no1. The van der Waals surface area contributed by atoms with Crippen LogP contribution in [-0.2, 0) is 0 Å². The quantitative estimate of drug-likeness (QED) is 0.877. The Balaban J connectivity index is 2.36. The van der Waals surface area contributed by atoms with Crippen LogP contribution >= 0.6 is 0 Å². The van der Waals surface area contributed by atoms with E-state index in [2.05, 4.69) is 15.1 Å². The average Bonchev–Trinajstić information content (AvgIpc) is 2.76. The number of rotatable bonds is 3. The molecule has 2 rings (SSSR count). The molecular formula is C12H16N4O. The molecule has 5 nitrogen and oxygen atoms in total. The van der Waals surface area contributed by atoms with Gasteiger partial charge in [0.05, 0.1) is 6.04 Å². The summed E-state index contributed by atoms with van der Waals surface area (Å²) in [7, 11) is 0. The second-order valence-corrected chi connectivity index (χ2v) is 4.11. The first-order valence-electron chi connectivity index (χ1n) is 5.65. The Morgan fingerprint density at radius 3 is 2.47 bits per heavy atom. The van der Waals surface area contributed by atoms with Gasteiger partial charge in [-0.3, -0.25) is 4.98 Å². The van der Waals surface area contributed by atoms with E-state index < -0.39 is 0 Å². The van der Waals surface area contributed by atoms with E-state index in [1.165, 1.54) is 0 Å². The Hall–Kier alpha value is -1.75. The number of aromatic nitrogens is 3. The van der Waals surface area contributed by atoms with Crippen molar-refractivity contribution in [3.8, 4) is 11.4 Å². The molecule has 0 aliphatic carbocycles. The smallest absolute Gasteiger partial charge is 0.243 e. The third-order valence-electron chi connectivity index (χ3n) is 2.54. The van der Waals surface area contributed by atoms with Crippen molar-refractivity contribution in [1.82, 2.24) is 15.1 Å². The van der Waals surface area contributed by atoms with Crippen molar-refractivity contribution in [3.05, 3.63) is 29.4 Å². The molecule has 1 atom stereocenters. The summed E-state index contributed by atoms with van der Waals surface area (Å²) in [6.07, 6.45) is 0.774. The molecule has 0 bridgehead atoms. The maximum Gasteiger partial charge on any atom is 0.243 e. The van der Waals surface area contributed by atoms with Crippen molar-refractivity contribution >= 4 is 0 Å². The molecule has 17 heavy (non-hydrogen) atoms. The van der Waals surface area contributed by atoms with Gasteiger partial charge in [-0.25, -0.2) is 0 Å². The minimum absolute atomic E-state index is 0.194. The molecule has 0 unspecified atom stereocenters. The van der Waals surface area contributed by atoms with Crippen LogP contribution in [-0.4, -0.2) is 15.1 Å². The molecule has 2 N–H and O–H groups in total. The van der Waals surface area contributed by atoms with Gasteiger partial charge in [0.1, 0.15) is 0 Å². The molecule has 0 aliphatic heterocycles. The van der Waals surface area contributed by atoms with Crippen molar-refractivity contribution in [2.45, 2.75) is 33.2 Å². The minimum Gasteiger partial charge on any atom is -0.337 e. The summed E-state index contributed by atoms with van der Waals surface area (Å²) in [4.78, 5) is 8.61. The molecule has 90 valence electrons. The van der Waals surface area contributed by atoms with Gasteiger partial charge in [-0.1, -0.05) is 12.1 Å². The van der Waals surface area contributed by atoms with Crippen LogP contribution in [0.2, 0.25) is 0 Å². The Labute approximate surface area is 100 Å². The molecule has 0 saturated carbocycles. The Morgan fingerprint density at radius 2 is 1.88 bits per heavy atom. The summed E-state index contributed by atoms with van der Waals surface area (Å²) in [6, 6.07) is 3.67. The molecule has 0 radical (unpaired) electrons. The van der Waals surface area contributed by atoms with Gasteiger partial charge in [-0.2, -0.15) is 4.98 Å². The highest BCUT2D eigenvalue weighted by Crippen LogP contribution is 2.20. The summed E-state index contributed by atoms with van der Waals surface area (Å²) in [5.41, 5.74) is 8.62. The molecule has 0 spiro atoms. The zero-order valence-electron chi connectivity index (χ0n) is 10.3. The summed E-state index contributed by atoms with van der Waals surface area (Å²) >= 11 is 0. The fraction of sp³-hybridized carbons (Fsp3) is 0.417. The Morgan fingerprint density at radius 1 is 1.24 bits per heavy atom. The number of nitrogens with zero attached hydrogens (tertiary/aromatic N) is 3. The minimum atomic E-state index is -0.194. The van der Waals surface area contributed by atoms with Crippen molar-refractivity contribution in [3.63, 3.8) is 0 Å². The maximum absolute atomic E-state index is 5.84. The highest BCUT2D eigenvalue weighted by Gasteiger charge is 2.14. The largest absolute Gasteiger partial charge is 0.337 e. The van der Waals surface area contributed by atoms with Crippen LogP contribution < -0.4 is 5.73 Å². The third kappa shape index (κ3) is 2.50. The fourth-order valence-corrected chi connectivity index (χ4v) is 1.64. The molecular weight excluding hydrogens is 216 g/mol. The molecule has 0 aliphatic rings. The van der Waals surface area contributed by atoms with Crippen molar-refractivity contribution < 1.29 is 4.52 Å². The van der Waals surface area contributed by atoms with E-state index in [4.69, 9.17) is 10.3 Å². The summed E-state index contributed by atoms with van der Waals surface area (Å²) in [6.45, 7) is 5.86. The van der Waals surface area contributed by atoms with Crippen molar-refractivity contribution in [2.75, 3.05) is 0 Å². The zero-order chi connectivity index (χ0) is 12.4. The van der Waals surface area contributed by atoms with Crippen LogP contribution in [0.25, 0.3) is 11.4 Å². The lowest BCUT2D eigenvalue weighted by Gasteiger charge is -2.00. The molecule has 2 aromatic rings. The summed E-state index contributed by atoms with van der Waals surface area (Å²) < 4.78 is 5.14. The fourth-order valence-electron chi connectivity index (χ4n) is 1.64. The highest BCUT2D eigenvalue weighted by atomic mass is 16.5. The third-order valence-corrected chi connectivity index (χ3v) is 2.54.